The second-order valence-electron chi connectivity index (χ2n) is 5.47. The summed E-state index contributed by atoms with van der Waals surface area (Å²) in [6, 6.07) is 3.25. The lowest BCUT2D eigenvalue weighted by Crippen LogP contribution is -2.35. The number of hydrogen-bond acceptors (Lipinski definition) is 5. The Morgan fingerprint density at radius 1 is 1.45 bits per heavy atom. The SMILES string of the molecule is COC(=O)C1CCCc2nn(Cc3ccc(C)nc3)c(=O)n21. The lowest BCUT2D eigenvalue weighted by Gasteiger charge is -2.20. The minimum Gasteiger partial charge on any atom is -0.467 e. The number of carbonyl (C=O) groups is 1. The topological polar surface area (TPSA) is 79.0 Å². The maximum absolute atomic E-state index is 12.6. The van der Waals surface area contributed by atoms with Crippen LogP contribution < -0.4 is 5.69 Å². The van der Waals surface area contributed by atoms with Crippen LogP contribution in [-0.4, -0.2) is 32.4 Å². The van der Waals surface area contributed by atoms with Gasteiger partial charge in [0.25, 0.3) is 0 Å². The molecule has 0 saturated heterocycles. The molecule has 3 heterocycles. The molecule has 1 aliphatic heterocycles. The molecular formula is C15H18N4O3. The summed E-state index contributed by atoms with van der Waals surface area (Å²) >= 11 is 0. The van der Waals surface area contributed by atoms with Crippen LogP contribution in [0, 0.1) is 6.92 Å². The van der Waals surface area contributed by atoms with Crippen molar-refractivity contribution >= 4 is 5.97 Å². The zero-order valence-corrected chi connectivity index (χ0v) is 12.7. The Balaban J connectivity index is 1.95. The second kappa shape index (κ2) is 5.75. The van der Waals surface area contributed by atoms with E-state index in [1.165, 1.54) is 16.4 Å². The van der Waals surface area contributed by atoms with Crippen LogP contribution in [0.5, 0.6) is 0 Å². The van der Waals surface area contributed by atoms with Crippen LogP contribution in [0.15, 0.2) is 23.1 Å². The molecule has 0 aromatic carbocycles. The fourth-order valence-corrected chi connectivity index (χ4v) is 2.76. The van der Waals surface area contributed by atoms with Crippen molar-refractivity contribution in [1.82, 2.24) is 19.3 Å². The van der Waals surface area contributed by atoms with Crippen molar-refractivity contribution in [2.45, 2.75) is 38.8 Å². The minimum atomic E-state index is -0.564. The van der Waals surface area contributed by atoms with E-state index in [1.54, 1.807) is 6.20 Å². The van der Waals surface area contributed by atoms with Gasteiger partial charge in [-0.1, -0.05) is 6.07 Å². The molecule has 0 aliphatic carbocycles. The number of rotatable bonds is 3. The molecule has 2 aromatic rings. The molecule has 3 rings (SSSR count). The second-order valence-corrected chi connectivity index (χ2v) is 5.47. The molecule has 0 bridgehead atoms. The number of fused-ring (bicyclic) bond motifs is 1. The fraction of sp³-hybridized carbons (Fsp3) is 0.467. The van der Waals surface area contributed by atoms with Gasteiger partial charge in [-0.25, -0.2) is 14.3 Å². The predicted octanol–water partition coefficient (Wildman–Crippen LogP) is 0.847. The molecule has 0 saturated carbocycles. The Morgan fingerprint density at radius 3 is 2.95 bits per heavy atom. The molecule has 2 aromatic heterocycles. The van der Waals surface area contributed by atoms with Crippen LogP contribution in [0.25, 0.3) is 0 Å². The summed E-state index contributed by atoms with van der Waals surface area (Å²) in [6.45, 7) is 2.26. The first-order chi connectivity index (χ1) is 10.6. The summed E-state index contributed by atoms with van der Waals surface area (Å²) in [6.07, 6.45) is 3.86. The zero-order chi connectivity index (χ0) is 15.7. The van der Waals surface area contributed by atoms with E-state index in [-0.39, 0.29) is 11.7 Å². The number of aromatic nitrogens is 4. The van der Waals surface area contributed by atoms with Crippen molar-refractivity contribution in [1.29, 1.82) is 0 Å². The Bertz CT molecular complexity index is 745. The molecule has 1 atom stereocenters. The Labute approximate surface area is 127 Å². The molecule has 0 amide bonds. The highest BCUT2D eigenvalue weighted by Gasteiger charge is 2.31. The molecule has 0 radical (unpaired) electrons. The smallest absolute Gasteiger partial charge is 0.347 e. The average molecular weight is 302 g/mol. The van der Waals surface area contributed by atoms with E-state index in [0.29, 0.717) is 25.2 Å². The van der Waals surface area contributed by atoms with Gasteiger partial charge in [-0.3, -0.25) is 9.55 Å². The maximum atomic E-state index is 12.6. The molecule has 1 aliphatic rings. The molecule has 0 N–H and O–H groups in total. The molecular weight excluding hydrogens is 284 g/mol. The highest BCUT2D eigenvalue weighted by atomic mass is 16.5. The number of nitrogens with zero attached hydrogens (tertiary/aromatic N) is 4. The zero-order valence-electron chi connectivity index (χ0n) is 12.7. The van der Waals surface area contributed by atoms with Crippen molar-refractivity contribution in [3.05, 3.63) is 45.9 Å². The van der Waals surface area contributed by atoms with Gasteiger partial charge >= 0.3 is 11.7 Å². The summed E-state index contributed by atoms with van der Waals surface area (Å²) in [4.78, 5) is 28.6. The molecule has 116 valence electrons. The predicted molar refractivity (Wildman–Crippen MR) is 78.6 cm³/mol. The summed E-state index contributed by atoms with van der Waals surface area (Å²) < 4.78 is 7.66. The molecule has 7 nitrogen and oxygen atoms in total. The number of pyridine rings is 1. The van der Waals surface area contributed by atoms with Crippen LogP contribution in [0.2, 0.25) is 0 Å². The van der Waals surface area contributed by atoms with Gasteiger partial charge in [-0.15, -0.1) is 0 Å². The lowest BCUT2D eigenvalue weighted by atomic mass is 10.1. The van der Waals surface area contributed by atoms with Gasteiger partial charge in [0.2, 0.25) is 0 Å². The maximum Gasteiger partial charge on any atom is 0.347 e. The summed E-state index contributed by atoms with van der Waals surface area (Å²) in [7, 11) is 1.34. The standard InChI is InChI=1S/C15H18N4O3/c1-10-6-7-11(8-16-10)9-18-15(21)19-12(14(20)22-2)4-3-5-13(19)17-18/h6-8,12H,3-5,9H2,1-2H3. The van der Waals surface area contributed by atoms with Crippen LogP contribution in [-0.2, 0) is 22.5 Å². The highest BCUT2D eigenvalue weighted by Crippen LogP contribution is 2.22. The van der Waals surface area contributed by atoms with Gasteiger partial charge in [0, 0.05) is 18.3 Å². The van der Waals surface area contributed by atoms with E-state index >= 15 is 0 Å². The van der Waals surface area contributed by atoms with Crippen molar-refractivity contribution in [2.75, 3.05) is 7.11 Å². The van der Waals surface area contributed by atoms with Gasteiger partial charge in [0.05, 0.1) is 13.7 Å². The van der Waals surface area contributed by atoms with Crippen LogP contribution in [0.3, 0.4) is 0 Å². The van der Waals surface area contributed by atoms with Crippen molar-refractivity contribution in [3.63, 3.8) is 0 Å². The van der Waals surface area contributed by atoms with E-state index in [4.69, 9.17) is 4.74 Å². The minimum absolute atomic E-state index is 0.273. The van der Waals surface area contributed by atoms with Crippen LogP contribution in [0.4, 0.5) is 0 Å². The van der Waals surface area contributed by atoms with Gasteiger partial charge in [-0.2, -0.15) is 5.10 Å². The van der Waals surface area contributed by atoms with Crippen molar-refractivity contribution in [3.8, 4) is 0 Å². The summed E-state index contributed by atoms with van der Waals surface area (Å²) in [5.74, 6) is 0.256. The summed E-state index contributed by atoms with van der Waals surface area (Å²) in [5, 5.41) is 4.37. The monoisotopic (exact) mass is 302 g/mol. The van der Waals surface area contributed by atoms with Crippen LogP contribution in [0.1, 0.15) is 36.0 Å². The molecule has 0 fully saturated rings. The molecule has 0 spiro atoms. The van der Waals surface area contributed by atoms with E-state index in [0.717, 1.165) is 17.7 Å². The van der Waals surface area contributed by atoms with Gasteiger partial charge in [-0.05, 0) is 31.4 Å². The van der Waals surface area contributed by atoms with Crippen molar-refractivity contribution < 1.29 is 9.53 Å². The number of methoxy groups -OCH3 is 1. The highest BCUT2D eigenvalue weighted by molar-refractivity contribution is 5.74. The molecule has 7 heteroatoms. The van der Waals surface area contributed by atoms with Gasteiger partial charge in [0.15, 0.2) is 0 Å². The first kappa shape index (κ1) is 14.5. The van der Waals surface area contributed by atoms with Crippen LogP contribution >= 0.6 is 0 Å². The average Bonchev–Trinajstić information content (AvgIpc) is 2.85. The van der Waals surface area contributed by atoms with E-state index in [9.17, 15) is 9.59 Å². The number of carbonyl (C=O) groups excluding carboxylic acids is 1. The van der Waals surface area contributed by atoms with Gasteiger partial charge < -0.3 is 4.74 Å². The fourth-order valence-electron chi connectivity index (χ4n) is 2.76. The number of esters is 1. The quantitative estimate of drug-likeness (QED) is 0.785. The molecule has 1 unspecified atom stereocenters. The van der Waals surface area contributed by atoms with E-state index < -0.39 is 6.04 Å². The normalized spacial score (nSPS) is 17.1. The third kappa shape index (κ3) is 2.54. The van der Waals surface area contributed by atoms with E-state index in [1.807, 2.05) is 19.1 Å². The third-order valence-electron chi connectivity index (χ3n) is 3.91. The number of ether oxygens (including phenoxy) is 1. The summed E-state index contributed by atoms with van der Waals surface area (Å²) in [5.41, 5.74) is 1.55. The third-order valence-corrected chi connectivity index (χ3v) is 3.91. The first-order valence-corrected chi connectivity index (χ1v) is 7.27. The van der Waals surface area contributed by atoms with Crippen molar-refractivity contribution in [2.24, 2.45) is 0 Å². The van der Waals surface area contributed by atoms with Gasteiger partial charge in [0.1, 0.15) is 11.9 Å². The Kier molecular flexibility index (Phi) is 3.79. The Morgan fingerprint density at radius 2 is 2.27 bits per heavy atom. The largest absolute Gasteiger partial charge is 0.467 e. The first-order valence-electron chi connectivity index (χ1n) is 7.27. The molecule has 22 heavy (non-hydrogen) atoms. The Hall–Kier alpha value is -2.44. The number of aryl methyl sites for hydroxylation is 2. The lowest BCUT2D eigenvalue weighted by molar-refractivity contribution is -0.145. The number of hydrogen-bond donors (Lipinski definition) is 0. The van der Waals surface area contributed by atoms with E-state index in [2.05, 4.69) is 10.1 Å².